The largest absolute Gasteiger partial charge is 0.476 e. The van der Waals surface area contributed by atoms with E-state index in [1.165, 1.54) is 0 Å². The number of nitrogens with two attached hydrogens (primary N) is 1. The molecule has 17 heavy (non-hydrogen) atoms. The van der Waals surface area contributed by atoms with Crippen molar-refractivity contribution in [2.45, 2.75) is 26.3 Å². The number of aromatic nitrogens is 3. The molecular weight excluding hydrogens is 220 g/mol. The smallest absolute Gasteiger partial charge is 0.357 e. The third kappa shape index (κ3) is 1.82. The van der Waals surface area contributed by atoms with Gasteiger partial charge in [0, 0.05) is 0 Å². The average molecular weight is 234 g/mol. The van der Waals surface area contributed by atoms with Crippen LogP contribution in [0.5, 0.6) is 0 Å². The summed E-state index contributed by atoms with van der Waals surface area (Å²) in [6.07, 6.45) is 0. The van der Waals surface area contributed by atoms with Crippen LogP contribution in [0.2, 0.25) is 0 Å². The molecule has 0 saturated heterocycles. The molecule has 0 aromatic carbocycles. The number of carboxylic acids is 1. The van der Waals surface area contributed by atoms with Crippen LogP contribution in [-0.4, -0.2) is 25.8 Å². The van der Waals surface area contributed by atoms with Crippen molar-refractivity contribution in [1.82, 2.24) is 14.8 Å². The van der Waals surface area contributed by atoms with Gasteiger partial charge in [-0.3, -0.25) is 0 Å². The molecular formula is C11H14N4O2. The Kier molecular flexibility index (Phi) is 2.30. The number of aromatic carboxylic acids is 1. The van der Waals surface area contributed by atoms with Gasteiger partial charge in [0.2, 0.25) is 0 Å². The SMILES string of the molecule is CC(C)(C)n1nc(C(=O)O)c2ccc(N)nc21. The first-order valence-electron chi connectivity index (χ1n) is 5.20. The van der Waals surface area contributed by atoms with E-state index in [2.05, 4.69) is 10.1 Å². The van der Waals surface area contributed by atoms with Crippen LogP contribution in [-0.2, 0) is 5.54 Å². The molecule has 0 fully saturated rings. The third-order valence-corrected chi connectivity index (χ3v) is 2.39. The lowest BCUT2D eigenvalue weighted by Crippen LogP contribution is -2.24. The molecule has 0 bridgehead atoms. The summed E-state index contributed by atoms with van der Waals surface area (Å²) in [6.45, 7) is 5.78. The summed E-state index contributed by atoms with van der Waals surface area (Å²) in [5, 5.41) is 13.7. The number of fused-ring (bicyclic) bond motifs is 1. The van der Waals surface area contributed by atoms with Crippen molar-refractivity contribution in [3.05, 3.63) is 17.8 Å². The molecule has 0 radical (unpaired) electrons. The lowest BCUT2D eigenvalue weighted by Gasteiger charge is -2.19. The average Bonchev–Trinajstić information content (AvgIpc) is 2.55. The van der Waals surface area contributed by atoms with Crippen molar-refractivity contribution in [3.8, 4) is 0 Å². The summed E-state index contributed by atoms with van der Waals surface area (Å²) in [5.41, 5.74) is 5.76. The summed E-state index contributed by atoms with van der Waals surface area (Å²) in [6, 6.07) is 3.21. The van der Waals surface area contributed by atoms with Gasteiger partial charge >= 0.3 is 5.97 Å². The van der Waals surface area contributed by atoms with Crippen LogP contribution in [0.15, 0.2) is 12.1 Å². The predicted molar refractivity (Wildman–Crippen MR) is 63.9 cm³/mol. The minimum Gasteiger partial charge on any atom is -0.476 e. The molecule has 0 atom stereocenters. The van der Waals surface area contributed by atoms with Gasteiger partial charge in [0.05, 0.1) is 10.9 Å². The van der Waals surface area contributed by atoms with E-state index in [4.69, 9.17) is 10.8 Å². The number of pyridine rings is 1. The van der Waals surface area contributed by atoms with Gasteiger partial charge in [-0.15, -0.1) is 0 Å². The zero-order valence-electron chi connectivity index (χ0n) is 9.93. The summed E-state index contributed by atoms with van der Waals surface area (Å²) in [5.74, 6) is -0.718. The molecule has 0 aliphatic rings. The number of carbonyl (C=O) groups is 1. The summed E-state index contributed by atoms with van der Waals surface area (Å²) >= 11 is 0. The molecule has 2 heterocycles. The number of nitrogen functional groups attached to an aromatic ring is 1. The Morgan fingerprint density at radius 2 is 2.06 bits per heavy atom. The van der Waals surface area contributed by atoms with Crippen molar-refractivity contribution in [2.75, 3.05) is 5.73 Å². The number of hydrogen-bond donors (Lipinski definition) is 2. The fourth-order valence-electron chi connectivity index (χ4n) is 1.64. The van der Waals surface area contributed by atoms with Gasteiger partial charge in [-0.2, -0.15) is 5.10 Å². The molecule has 0 saturated carbocycles. The Morgan fingerprint density at radius 3 is 2.59 bits per heavy atom. The summed E-state index contributed by atoms with van der Waals surface area (Å²) in [7, 11) is 0. The van der Waals surface area contributed by atoms with Gasteiger partial charge in [0.1, 0.15) is 5.82 Å². The highest BCUT2D eigenvalue weighted by Crippen LogP contribution is 2.24. The lowest BCUT2D eigenvalue weighted by atomic mass is 10.1. The van der Waals surface area contributed by atoms with Crippen molar-refractivity contribution in [1.29, 1.82) is 0 Å². The first-order chi connectivity index (χ1) is 7.80. The number of carboxylic acid groups (broad SMARTS) is 1. The van der Waals surface area contributed by atoms with Gasteiger partial charge in [0.25, 0.3) is 0 Å². The minimum absolute atomic E-state index is 0.00225. The second kappa shape index (κ2) is 3.44. The quantitative estimate of drug-likeness (QED) is 0.779. The molecule has 6 nitrogen and oxygen atoms in total. The van der Waals surface area contributed by atoms with Gasteiger partial charge in [-0.25, -0.2) is 14.5 Å². The molecule has 0 aliphatic heterocycles. The van der Waals surface area contributed by atoms with Crippen molar-refractivity contribution >= 4 is 22.8 Å². The Bertz CT molecular complexity index is 595. The van der Waals surface area contributed by atoms with E-state index in [0.717, 1.165) is 0 Å². The van der Waals surface area contributed by atoms with Gasteiger partial charge in [-0.1, -0.05) is 0 Å². The normalized spacial score (nSPS) is 11.9. The molecule has 0 spiro atoms. The first-order valence-corrected chi connectivity index (χ1v) is 5.20. The maximum atomic E-state index is 11.1. The Morgan fingerprint density at radius 1 is 1.41 bits per heavy atom. The molecule has 0 aliphatic carbocycles. The second-order valence-corrected chi connectivity index (χ2v) is 4.84. The molecule has 2 aromatic rings. The molecule has 0 amide bonds. The Hall–Kier alpha value is -2.11. The van der Waals surface area contributed by atoms with Gasteiger partial charge in [0.15, 0.2) is 11.3 Å². The van der Waals surface area contributed by atoms with E-state index >= 15 is 0 Å². The predicted octanol–water partition coefficient (Wildman–Crippen LogP) is 1.47. The van der Waals surface area contributed by atoms with Crippen molar-refractivity contribution in [2.24, 2.45) is 0 Å². The fourth-order valence-corrected chi connectivity index (χ4v) is 1.64. The number of anilines is 1. The van der Waals surface area contributed by atoms with Crippen LogP contribution >= 0.6 is 0 Å². The van der Waals surface area contributed by atoms with Crippen LogP contribution in [0.4, 0.5) is 5.82 Å². The fraction of sp³-hybridized carbons (Fsp3) is 0.364. The van der Waals surface area contributed by atoms with E-state index in [1.807, 2.05) is 20.8 Å². The number of rotatable bonds is 1. The zero-order valence-corrected chi connectivity index (χ0v) is 9.93. The monoisotopic (exact) mass is 234 g/mol. The van der Waals surface area contributed by atoms with E-state index in [-0.39, 0.29) is 11.2 Å². The van der Waals surface area contributed by atoms with E-state index < -0.39 is 5.97 Å². The van der Waals surface area contributed by atoms with Gasteiger partial charge in [-0.05, 0) is 32.9 Å². The molecule has 0 unspecified atom stereocenters. The highest BCUT2D eigenvalue weighted by atomic mass is 16.4. The highest BCUT2D eigenvalue weighted by Gasteiger charge is 2.24. The topological polar surface area (TPSA) is 94.0 Å². The molecule has 2 rings (SSSR count). The summed E-state index contributed by atoms with van der Waals surface area (Å²) < 4.78 is 1.59. The first kappa shape index (κ1) is 11.4. The Labute approximate surface area is 98.1 Å². The number of hydrogen-bond acceptors (Lipinski definition) is 4. The van der Waals surface area contributed by atoms with Crippen LogP contribution in [0.25, 0.3) is 11.0 Å². The standard InChI is InChI=1S/C11H14N4O2/c1-11(2,3)15-9-6(4-5-7(12)13-9)8(14-15)10(16)17/h4-5H,1-3H3,(H2,12,13)(H,16,17). The summed E-state index contributed by atoms with van der Waals surface area (Å²) in [4.78, 5) is 15.3. The molecule has 6 heteroatoms. The molecule has 90 valence electrons. The van der Waals surface area contributed by atoms with Crippen LogP contribution in [0.3, 0.4) is 0 Å². The lowest BCUT2D eigenvalue weighted by molar-refractivity contribution is 0.0690. The minimum atomic E-state index is -1.07. The maximum absolute atomic E-state index is 11.1. The van der Waals surface area contributed by atoms with Crippen molar-refractivity contribution < 1.29 is 9.90 Å². The molecule has 3 N–H and O–H groups in total. The highest BCUT2D eigenvalue weighted by molar-refractivity contribution is 6.00. The maximum Gasteiger partial charge on any atom is 0.357 e. The van der Waals surface area contributed by atoms with Gasteiger partial charge < -0.3 is 10.8 Å². The van der Waals surface area contributed by atoms with Crippen LogP contribution in [0.1, 0.15) is 31.3 Å². The second-order valence-electron chi connectivity index (χ2n) is 4.84. The van der Waals surface area contributed by atoms with E-state index in [1.54, 1.807) is 16.8 Å². The zero-order chi connectivity index (χ0) is 12.8. The Balaban J connectivity index is 2.85. The number of nitrogens with zero attached hydrogens (tertiary/aromatic N) is 3. The molecule has 2 aromatic heterocycles. The van der Waals surface area contributed by atoms with Crippen LogP contribution < -0.4 is 5.73 Å². The van der Waals surface area contributed by atoms with Crippen LogP contribution in [0, 0.1) is 0 Å². The third-order valence-electron chi connectivity index (χ3n) is 2.39. The van der Waals surface area contributed by atoms with E-state index in [0.29, 0.717) is 16.9 Å². The van der Waals surface area contributed by atoms with E-state index in [9.17, 15) is 4.79 Å². The van der Waals surface area contributed by atoms with Crippen molar-refractivity contribution in [3.63, 3.8) is 0 Å².